The first kappa shape index (κ1) is 26.4. The summed E-state index contributed by atoms with van der Waals surface area (Å²) in [6.45, 7) is 19.6. The fourth-order valence-electron chi connectivity index (χ4n) is 6.36. The lowest BCUT2D eigenvalue weighted by molar-refractivity contribution is 0.236. The Morgan fingerprint density at radius 2 is 2.03 bits per heavy atom. The van der Waals surface area contributed by atoms with Crippen LogP contribution in [0.1, 0.15) is 92.4 Å². The van der Waals surface area contributed by atoms with Crippen molar-refractivity contribution in [2.75, 3.05) is 0 Å². The summed E-state index contributed by atoms with van der Waals surface area (Å²) in [6, 6.07) is -0.275. The molecule has 34 heavy (non-hydrogen) atoms. The van der Waals surface area contributed by atoms with Crippen molar-refractivity contribution in [1.82, 2.24) is 0 Å². The highest BCUT2D eigenvalue weighted by Gasteiger charge is 2.45. The maximum absolute atomic E-state index is 11.2. The van der Waals surface area contributed by atoms with E-state index in [9.17, 15) is 10.1 Å². The van der Waals surface area contributed by atoms with Crippen molar-refractivity contribution in [2.45, 2.75) is 98.4 Å². The van der Waals surface area contributed by atoms with Crippen molar-refractivity contribution in [3.05, 3.63) is 64.2 Å². The second-order valence-electron chi connectivity index (χ2n) is 12.1. The van der Waals surface area contributed by atoms with Crippen LogP contribution in [0.25, 0.3) is 0 Å². The highest BCUT2D eigenvalue weighted by molar-refractivity contribution is 5.88. The summed E-state index contributed by atoms with van der Waals surface area (Å²) in [5.74, 6) is 0.982. The lowest BCUT2D eigenvalue weighted by Gasteiger charge is -2.41. The zero-order valence-corrected chi connectivity index (χ0v) is 22.0. The second-order valence-corrected chi connectivity index (χ2v) is 12.1. The molecule has 0 radical (unpaired) electrons. The lowest BCUT2D eigenvalue weighted by atomic mass is 9.63. The van der Waals surface area contributed by atoms with E-state index < -0.39 is 0 Å². The molecular formula is C30H44N2O2. The molecule has 1 N–H and O–H groups in total. The number of nitrogens with zero attached hydrogens (tertiary/aromatic N) is 2. The quantitative estimate of drug-likeness (QED) is 0.177. The van der Waals surface area contributed by atoms with Crippen molar-refractivity contribution >= 4 is 5.71 Å². The maximum atomic E-state index is 11.2. The predicted molar refractivity (Wildman–Crippen MR) is 143 cm³/mol. The Balaban J connectivity index is 1.70. The minimum absolute atomic E-state index is 0.111. The average molecular weight is 465 g/mol. The summed E-state index contributed by atoms with van der Waals surface area (Å²) in [5.41, 5.74) is 7.18. The van der Waals surface area contributed by atoms with Crippen LogP contribution in [0.4, 0.5) is 0 Å². The molecule has 0 spiro atoms. The van der Waals surface area contributed by atoms with Crippen molar-refractivity contribution in [2.24, 2.45) is 33.0 Å². The third-order valence-electron chi connectivity index (χ3n) is 8.45. The Morgan fingerprint density at radius 3 is 2.68 bits per heavy atom. The van der Waals surface area contributed by atoms with E-state index in [1.54, 1.807) is 0 Å². The van der Waals surface area contributed by atoms with Gasteiger partial charge in [-0.2, -0.15) is 4.91 Å². The average Bonchev–Trinajstić information content (AvgIpc) is 3.13. The topological polar surface area (TPSA) is 62.0 Å². The molecule has 3 rings (SSSR count). The van der Waals surface area contributed by atoms with Gasteiger partial charge in [-0.1, -0.05) is 87.5 Å². The molecule has 2 saturated carbocycles. The van der Waals surface area contributed by atoms with Gasteiger partial charge in [0.15, 0.2) is 0 Å². The molecule has 0 aliphatic heterocycles. The number of fused-ring (bicyclic) bond motifs is 1. The molecule has 2 fully saturated rings. The van der Waals surface area contributed by atoms with Gasteiger partial charge in [-0.15, -0.1) is 0 Å². The highest BCUT2D eigenvalue weighted by Crippen LogP contribution is 2.56. The van der Waals surface area contributed by atoms with E-state index in [1.165, 1.54) is 35.1 Å². The maximum Gasteiger partial charge on any atom is 0.117 e. The lowest BCUT2D eigenvalue weighted by Crippen LogP contribution is -2.31. The predicted octanol–water partition coefficient (Wildman–Crippen LogP) is 8.70. The second kappa shape index (κ2) is 10.6. The minimum atomic E-state index is -0.275. The van der Waals surface area contributed by atoms with Gasteiger partial charge in [0.05, 0.1) is 5.71 Å². The van der Waals surface area contributed by atoms with Crippen LogP contribution >= 0.6 is 0 Å². The third kappa shape index (κ3) is 5.53. The van der Waals surface area contributed by atoms with Crippen LogP contribution in [0.2, 0.25) is 0 Å². The zero-order valence-electron chi connectivity index (χ0n) is 22.0. The summed E-state index contributed by atoms with van der Waals surface area (Å²) in [6.07, 6.45) is 16.1. The fraction of sp³-hybridized carbons (Fsp3) is 0.633. The molecule has 0 unspecified atom stereocenters. The minimum Gasteiger partial charge on any atom is -0.411 e. The van der Waals surface area contributed by atoms with E-state index in [0.717, 1.165) is 56.2 Å². The summed E-state index contributed by atoms with van der Waals surface area (Å²) in [5, 5.41) is 16.3. The molecule has 4 atom stereocenters. The fourth-order valence-corrected chi connectivity index (χ4v) is 6.36. The Morgan fingerprint density at radius 1 is 1.29 bits per heavy atom. The number of hydrogen-bond acceptors (Lipinski definition) is 4. The van der Waals surface area contributed by atoms with E-state index in [-0.39, 0.29) is 16.9 Å². The Hall–Kier alpha value is -2.23. The molecule has 4 nitrogen and oxygen atoms in total. The van der Waals surface area contributed by atoms with E-state index >= 15 is 0 Å². The smallest absolute Gasteiger partial charge is 0.117 e. The first-order valence-corrected chi connectivity index (χ1v) is 13.0. The number of allylic oxidation sites excluding steroid dienone is 6. The van der Waals surface area contributed by atoms with Crippen LogP contribution < -0.4 is 0 Å². The van der Waals surface area contributed by atoms with Crippen LogP contribution in [0.15, 0.2) is 69.6 Å². The van der Waals surface area contributed by atoms with Gasteiger partial charge in [0.2, 0.25) is 0 Å². The summed E-state index contributed by atoms with van der Waals surface area (Å²) in [7, 11) is 0. The SMILES string of the molecule is C=C(CCC/C(=N\O)C(C)(C)C)C1=CC[C@H]2/C(=C/C=C3/C[C@H](C)C[C@@H](N=O)C3=C)CCC[C@]12C. The van der Waals surface area contributed by atoms with Crippen LogP contribution in [0.3, 0.4) is 0 Å². The Bertz CT molecular complexity index is 943. The van der Waals surface area contributed by atoms with Gasteiger partial charge in [-0.05, 0) is 91.8 Å². The van der Waals surface area contributed by atoms with Crippen LogP contribution in [0, 0.1) is 27.6 Å². The largest absolute Gasteiger partial charge is 0.411 e. The molecule has 0 saturated heterocycles. The van der Waals surface area contributed by atoms with Gasteiger partial charge < -0.3 is 5.21 Å². The zero-order chi connectivity index (χ0) is 25.1. The summed E-state index contributed by atoms with van der Waals surface area (Å²) in [4.78, 5) is 11.2. The van der Waals surface area contributed by atoms with Crippen LogP contribution in [0.5, 0.6) is 0 Å². The van der Waals surface area contributed by atoms with E-state index in [4.69, 9.17) is 0 Å². The molecular weight excluding hydrogens is 420 g/mol. The van der Waals surface area contributed by atoms with Crippen molar-refractivity contribution in [3.8, 4) is 0 Å². The van der Waals surface area contributed by atoms with Gasteiger partial charge in [0.1, 0.15) is 6.04 Å². The highest BCUT2D eigenvalue weighted by atomic mass is 16.4. The van der Waals surface area contributed by atoms with Gasteiger partial charge >= 0.3 is 0 Å². The molecule has 4 heteroatoms. The number of nitroso groups, excluding NO2 is 1. The molecule has 0 bridgehead atoms. The van der Waals surface area contributed by atoms with Crippen molar-refractivity contribution < 1.29 is 5.21 Å². The molecule has 0 heterocycles. The van der Waals surface area contributed by atoms with E-state index in [0.29, 0.717) is 11.8 Å². The standard InChI is InChI=1S/C30H44N2O2/c1-20-18-24(22(3)27(19-20)31-33)14-13-23-11-9-17-30(7)25(15-16-26(23)30)21(2)10-8-12-28(32-34)29(4,5)6/h13-15,20,26-27,34H,2-3,8-12,16-19H2,1,4-7H3/b23-13+,24-14-,32-28+/t20-,26-,27+,30+/m0/s1. The molecule has 3 aliphatic rings. The first-order valence-electron chi connectivity index (χ1n) is 13.0. The Kier molecular flexibility index (Phi) is 8.21. The Labute approximate surface area is 206 Å². The molecule has 0 aromatic carbocycles. The molecule has 0 aromatic rings. The third-order valence-corrected chi connectivity index (χ3v) is 8.45. The van der Waals surface area contributed by atoms with Gasteiger partial charge in [0, 0.05) is 5.41 Å². The normalized spacial score (nSPS) is 32.6. The molecule has 0 aromatic heterocycles. The summed E-state index contributed by atoms with van der Waals surface area (Å²) < 4.78 is 0. The van der Waals surface area contributed by atoms with Gasteiger partial charge in [0.25, 0.3) is 0 Å². The van der Waals surface area contributed by atoms with Crippen molar-refractivity contribution in [1.29, 1.82) is 0 Å². The molecule has 0 amide bonds. The number of rotatable bonds is 7. The first-order chi connectivity index (χ1) is 16.0. The van der Waals surface area contributed by atoms with Gasteiger partial charge in [-0.3, -0.25) is 0 Å². The van der Waals surface area contributed by atoms with E-state index in [1.807, 2.05) is 0 Å². The van der Waals surface area contributed by atoms with Gasteiger partial charge in [-0.25, -0.2) is 0 Å². The van der Waals surface area contributed by atoms with E-state index in [2.05, 4.69) is 76.3 Å². The molecule has 186 valence electrons. The molecule has 3 aliphatic carbocycles. The summed E-state index contributed by atoms with van der Waals surface area (Å²) >= 11 is 0. The van der Waals surface area contributed by atoms with Crippen molar-refractivity contribution in [3.63, 3.8) is 0 Å². The number of oxime groups is 1. The monoisotopic (exact) mass is 464 g/mol. The van der Waals surface area contributed by atoms with Crippen LogP contribution in [-0.4, -0.2) is 17.0 Å². The number of hydrogen-bond donors (Lipinski definition) is 1. The van der Waals surface area contributed by atoms with Crippen LogP contribution in [-0.2, 0) is 0 Å².